The molecular formula is C23H32N2O5S. The second-order valence-electron chi connectivity index (χ2n) is 7.91. The zero-order valence-corrected chi connectivity index (χ0v) is 19.5. The van der Waals surface area contributed by atoms with Gasteiger partial charge in [-0.3, -0.25) is 9.59 Å². The van der Waals surface area contributed by atoms with Gasteiger partial charge in [-0.2, -0.15) is 0 Å². The summed E-state index contributed by atoms with van der Waals surface area (Å²) in [6, 6.07) is 5.70. The molecule has 0 spiro atoms. The molecule has 3 unspecified atom stereocenters. The van der Waals surface area contributed by atoms with Gasteiger partial charge in [0.2, 0.25) is 5.91 Å². The molecule has 1 saturated heterocycles. The van der Waals surface area contributed by atoms with Gasteiger partial charge in [0.05, 0.1) is 19.1 Å². The van der Waals surface area contributed by atoms with Crippen LogP contribution in [0, 0.1) is 5.92 Å². The van der Waals surface area contributed by atoms with Gasteiger partial charge in [-0.1, -0.05) is 6.07 Å². The van der Waals surface area contributed by atoms with Crippen molar-refractivity contribution in [3.63, 3.8) is 0 Å². The molecule has 8 heteroatoms. The van der Waals surface area contributed by atoms with Crippen LogP contribution in [0.25, 0.3) is 6.08 Å². The highest BCUT2D eigenvalue weighted by Crippen LogP contribution is 2.43. The SMILES string of the molecule is COCCCNC(=O)C1CCC2S/C(=C\c3ccc(OC)c(OC)c3)C(=O)N(C)C2C1. The van der Waals surface area contributed by atoms with Crippen LogP contribution in [0.15, 0.2) is 23.1 Å². The minimum Gasteiger partial charge on any atom is -0.493 e. The van der Waals surface area contributed by atoms with Crippen LogP contribution in [-0.2, 0) is 14.3 Å². The van der Waals surface area contributed by atoms with E-state index in [4.69, 9.17) is 14.2 Å². The van der Waals surface area contributed by atoms with Crippen LogP contribution >= 0.6 is 11.8 Å². The number of rotatable bonds is 8. The second-order valence-corrected chi connectivity index (χ2v) is 9.19. The smallest absolute Gasteiger partial charge is 0.260 e. The van der Waals surface area contributed by atoms with Crippen molar-refractivity contribution in [2.75, 3.05) is 41.5 Å². The Labute approximate surface area is 188 Å². The van der Waals surface area contributed by atoms with Crippen LogP contribution in [0.2, 0.25) is 0 Å². The predicted octanol–water partition coefficient (Wildman–Crippen LogP) is 2.94. The normalized spacial score (nSPS) is 24.6. The van der Waals surface area contributed by atoms with E-state index in [9.17, 15) is 9.59 Å². The molecule has 1 aliphatic heterocycles. The Morgan fingerprint density at radius 1 is 1.23 bits per heavy atom. The summed E-state index contributed by atoms with van der Waals surface area (Å²) in [5, 5.41) is 3.31. The molecule has 2 aliphatic rings. The van der Waals surface area contributed by atoms with E-state index in [2.05, 4.69) is 5.32 Å². The number of ether oxygens (including phenoxy) is 3. The maximum atomic E-state index is 13.0. The summed E-state index contributed by atoms with van der Waals surface area (Å²) >= 11 is 1.63. The first-order chi connectivity index (χ1) is 15.0. The summed E-state index contributed by atoms with van der Waals surface area (Å²) in [6.45, 7) is 1.26. The molecule has 1 aliphatic carbocycles. The van der Waals surface area contributed by atoms with E-state index in [1.807, 2.05) is 36.2 Å². The Hall–Kier alpha value is -2.19. The third kappa shape index (κ3) is 5.54. The molecule has 2 fully saturated rings. The molecule has 3 rings (SSSR count). The topological polar surface area (TPSA) is 77.1 Å². The number of hydrogen-bond acceptors (Lipinski definition) is 6. The van der Waals surface area contributed by atoms with E-state index in [0.717, 1.165) is 29.7 Å². The van der Waals surface area contributed by atoms with Gasteiger partial charge in [-0.15, -0.1) is 11.8 Å². The first-order valence-electron chi connectivity index (χ1n) is 10.6. The summed E-state index contributed by atoms with van der Waals surface area (Å²) in [5.41, 5.74) is 0.893. The van der Waals surface area contributed by atoms with Gasteiger partial charge in [0.1, 0.15) is 0 Å². The highest BCUT2D eigenvalue weighted by atomic mass is 32.2. The maximum Gasteiger partial charge on any atom is 0.260 e. The van der Waals surface area contributed by atoms with Gasteiger partial charge in [0, 0.05) is 44.5 Å². The van der Waals surface area contributed by atoms with Crippen molar-refractivity contribution >= 4 is 29.7 Å². The molecule has 0 aromatic heterocycles. The number of fused-ring (bicyclic) bond motifs is 1. The number of carbonyl (C=O) groups is 2. The summed E-state index contributed by atoms with van der Waals surface area (Å²) in [6.07, 6.45) is 5.18. The molecule has 0 bridgehead atoms. The molecule has 1 aromatic rings. The van der Waals surface area contributed by atoms with E-state index < -0.39 is 0 Å². The predicted molar refractivity (Wildman–Crippen MR) is 122 cm³/mol. The number of likely N-dealkylation sites (N-methyl/N-ethyl adjacent to an activating group) is 1. The number of thioether (sulfide) groups is 1. The highest BCUT2D eigenvalue weighted by Gasteiger charge is 2.42. The van der Waals surface area contributed by atoms with Crippen molar-refractivity contribution < 1.29 is 23.8 Å². The molecule has 1 saturated carbocycles. The Morgan fingerprint density at radius 3 is 2.71 bits per heavy atom. The largest absolute Gasteiger partial charge is 0.493 e. The Morgan fingerprint density at radius 2 is 2.00 bits per heavy atom. The standard InChI is InChI=1S/C23H32N2O5S/c1-25-17-14-16(22(26)24-10-5-11-28-2)7-9-20(17)31-21(23(25)27)13-15-6-8-18(29-3)19(12-15)30-4/h6,8,12-13,16-17,20H,5,7,9-11,14H2,1-4H3,(H,24,26)/b21-13-. The lowest BCUT2D eigenvalue weighted by molar-refractivity contribution is -0.131. The lowest BCUT2D eigenvalue weighted by atomic mass is 9.83. The molecule has 2 amide bonds. The van der Waals surface area contributed by atoms with E-state index in [-0.39, 0.29) is 23.8 Å². The molecule has 1 N–H and O–H groups in total. The van der Waals surface area contributed by atoms with Gasteiger partial charge in [-0.05, 0) is 49.5 Å². The first-order valence-corrected chi connectivity index (χ1v) is 11.5. The fourth-order valence-corrected chi connectivity index (χ4v) is 5.68. The van der Waals surface area contributed by atoms with Crippen molar-refractivity contribution in [3.05, 3.63) is 28.7 Å². The molecule has 31 heavy (non-hydrogen) atoms. The third-order valence-electron chi connectivity index (χ3n) is 5.96. The number of methoxy groups -OCH3 is 3. The highest BCUT2D eigenvalue weighted by molar-refractivity contribution is 8.04. The summed E-state index contributed by atoms with van der Waals surface area (Å²) in [4.78, 5) is 28.1. The summed E-state index contributed by atoms with van der Waals surface area (Å²) < 4.78 is 15.7. The molecular weight excluding hydrogens is 416 g/mol. The molecule has 3 atom stereocenters. The number of benzene rings is 1. The molecule has 0 radical (unpaired) electrons. The van der Waals surface area contributed by atoms with Crippen molar-refractivity contribution in [1.82, 2.24) is 10.2 Å². The minimum absolute atomic E-state index is 0.00203. The van der Waals surface area contributed by atoms with Crippen LogP contribution in [0.1, 0.15) is 31.2 Å². The van der Waals surface area contributed by atoms with E-state index >= 15 is 0 Å². The molecule has 170 valence electrons. The van der Waals surface area contributed by atoms with Crippen LogP contribution in [-0.4, -0.2) is 69.5 Å². The van der Waals surface area contributed by atoms with Crippen molar-refractivity contribution in [1.29, 1.82) is 0 Å². The van der Waals surface area contributed by atoms with Crippen LogP contribution in [0.3, 0.4) is 0 Å². The number of nitrogens with zero attached hydrogens (tertiary/aromatic N) is 1. The van der Waals surface area contributed by atoms with Crippen molar-refractivity contribution in [2.45, 2.75) is 37.0 Å². The van der Waals surface area contributed by atoms with Gasteiger partial charge in [-0.25, -0.2) is 0 Å². The number of hydrogen-bond donors (Lipinski definition) is 1. The fraction of sp³-hybridized carbons (Fsp3) is 0.565. The lowest BCUT2D eigenvalue weighted by Crippen LogP contribution is -2.52. The number of carbonyl (C=O) groups excluding carboxylic acids is 2. The first kappa shape index (κ1) is 23.5. The van der Waals surface area contributed by atoms with Gasteiger partial charge in [0.25, 0.3) is 5.91 Å². The lowest BCUT2D eigenvalue weighted by Gasteiger charge is -2.44. The summed E-state index contributed by atoms with van der Waals surface area (Å²) in [7, 11) is 6.70. The zero-order valence-electron chi connectivity index (χ0n) is 18.7. The Balaban J connectivity index is 1.67. The van der Waals surface area contributed by atoms with Gasteiger partial charge < -0.3 is 24.4 Å². The van der Waals surface area contributed by atoms with Crippen LogP contribution < -0.4 is 14.8 Å². The average Bonchev–Trinajstić information content (AvgIpc) is 2.79. The number of nitrogens with one attached hydrogen (secondary N) is 1. The van der Waals surface area contributed by atoms with E-state index in [1.54, 1.807) is 33.1 Å². The van der Waals surface area contributed by atoms with Crippen LogP contribution in [0.4, 0.5) is 0 Å². The Kier molecular flexibility index (Phi) is 8.26. The molecule has 1 heterocycles. The minimum atomic E-state index is -0.0453. The van der Waals surface area contributed by atoms with Gasteiger partial charge >= 0.3 is 0 Å². The van der Waals surface area contributed by atoms with Crippen molar-refractivity contribution in [2.24, 2.45) is 5.92 Å². The molecule has 7 nitrogen and oxygen atoms in total. The monoisotopic (exact) mass is 448 g/mol. The number of amides is 2. The van der Waals surface area contributed by atoms with Crippen LogP contribution in [0.5, 0.6) is 11.5 Å². The molecule has 1 aromatic carbocycles. The Bertz CT molecular complexity index is 828. The quantitative estimate of drug-likeness (QED) is 0.487. The average molecular weight is 449 g/mol. The summed E-state index contributed by atoms with van der Waals surface area (Å²) in [5.74, 6) is 1.34. The maximum absolute atomic E-state index is 13.0. The zero-order chi connectivity index (χ0) is 22.4. The second kappa shape index (κ2) is 10.9. The van der Waals surface area contributed by atoms with E-state index in [1.165, 1.54) is 0 Å². The van der Waals surface area contributed by atoms with E-state index in [0.29, 0.717) is 36.3 Å². The van der Waals surface area contributed by atoms with Gasteiger partial charge in [0.15, 0.2) is 11.5 Å². The fourth-order valence-electron chi connectivity index (χ4n) is 4.20. The van der Waals surface area contributed by atoms with Crippen molar-refractivity contribution in [3.8, 4) is 11.5 Å². The third-order valence-corrected chi connectivity index (χ3v) is 7.36.